The fourth-order valence-corrected chi connectivity index (χ4v) is 1.55. The summed E-state index contributed by atoms with van der Waals surface area (Å²) < 4.78 is 5.64. The van der Waals surface area contributed by atoms with Gasteiger partial charge in [-0.05, 0) is 29.8 Å². The van der Waals surface area contributed by atoms with Crippen LogP contribution >= 0.6 is 0 Å². The van der Waals surface area contributed by atoms with E-state index in [2.05, 4.69) is 16.4 Å². The van der Waals surface area contributed by atoms with Crippen molar-refractivity contribution in [2.45, 2.75) is 6.61 Å². The summed E-state index contributed by atoms with van der Waals surface area (Å²) in [6.07, 6.45) is 1.72. The number of para-hydroxylation sites is 1. The molecule has 4 heteroatoms. The Balaban J connectivity index is 2.09. The standard InChI is InChI=1S/C14H13N3O/c1-16-14-8-11(6-7-17-14)10-18-13-5-3-2-4-12(13)9-15/h2-8H,10H2,1H3,(H,16,17). The fourth-order valence-electron chi connectivity index (χ4n) is 1.55. The highest BCUT2D eigenvalue weighted by atomic mass is 16.5. The topological polar surface area (TPSA) is 57.9 Å². The number of hydrogen-bond acceptors (Lipinski definition) is 4. The number of nitrogens with one attached hydrogen (secondary N) is 1. The van der Waals surface area contributed by atoms with E-state index in [-0.39, 0.29) is 0 Å². The first-order valence-corrected chi connectivity index (χ1v) is 5.58. The van der Waals surface area contributed by atoms with Gasteiger partial charge in [-0.15, -0.1) is 0 Å². The second kappa shape index (κ2) is 5.69. The van der Waals surface area contributed by atoms with Crippen molar-refractivity contribution in [3.05, 3.63) is 53.7 Å². The lowest BCUT2D eigenvalue weighted by molar-refractivity contribution is 0.305. The minimum Gasteiger partial charge on any atom is -0.488 e. The average Bonchev–Trinajstić information content (AvgIpc) is 2.45. The van der Waals surface area contributed by atoms with Crippen LogP contribution in [0.3, 0.4) is 0 Å². The summed E-state index contributed by atoms with van der Waals surface area (Å²) in [6.45, 7) is 0.413. The molecule has 0 aliphatic carbocycles. The summed E-state index contributed by atoms with van der Waals surface area (Å²) in [7, 11) is 1.82. The van der Waals surface area contributed by atoms with Gasteiger partial charge in [-0.2, -0.15) is 5.26 Å². The molecule has 0 amide bonds. The van der Waals surface area contributed by atoms with Gasteiger partial charge in [0.2, 0.25) is 0 Å². The van der Waals surface area contributed by atoms with Crippen LogP contribution in [0.1, 0.15) is 11.1 Å². The van der Waals surface area contributed by atoms with Crippen LogP contribution in [0.2, 0.25) is 0 Å². The van der Waals surface area contributed by atoms with Gasteiger partial charge in [0.15, 0.2) is 0 Å². The molecular weight excluding hydrogens is 226 g/mol. The monoisotopic (exact) mass is 239 g/mol. The first-order valence-electron chi connectivity index (χ1n) is 5.58. The molecule has 2 rings (SSSR count). The third kappa shape index (κ3) is 2.77. The highest BCUT2D eigenvalue weighted by Gasteiger charge is 2.02. The molecule has 1 heterocycles. The SMILES string of the molecule is CNc1cc(COc2ccccc2C#N)ccn1. The van der Waals surface area contributed by atoms with Gasteiger partial charge in [0.25, 0.3) is 0 Å². The van der Waals surface area contributed by atoms with Crippen molar-refractivity contribution >= 4 is 5.82 Å². The van der Waals surface area contributed by atoms with Crippen LogP contribution in [-0.4, -0.2) is 12.0 Å². The lowest BCUT2D eigenvalue weighted by Gasteiger charge is -2.08. The molecule has 0 atom stereocenters. The highest BCUT2D eigenvalue weighted by Crippen LogP contribution is 2.18. The molecule has 1 aromatic heterocycles. The van der Waals surface area contributed by atoms with E-state index in [0.29, 0.717) is 17.9 Å². The van der Waals surface area contributed by atoms with Crippen LogP contribution in [0.15, 0.2) is 42.6 Å². The van der Waals surface area contributed by atoms with Crippen molar-refractivity contribution in [3.8, 4) is 11.8 Å². The zero-order valence-electron chi connectivity index (χ0n) is 10.1. The van der Waals surface area contributed by atoms with Gasteiger partial charge in [-0.3, -0.25) is 0 Å². The molecule has 1 N–H and O–H groups in total. The zero-order valence-corrected chi connectivity index (χ0v) is 10.1. The second-order valence-electron chi connectivity index (χ2n) is 3.70. The van der Waals surface area contributed by atoms with E-state index in [1.165, 1.54) is 0 Å². The molecule has 1 aromatic carbocycles. The predicted octanol–water partition coefficient (Wildman–Crippen LogP) is 2.57. The third-order valence-electron chi connectivity index (χ3n) is 2.48. The number of hydrogen-bond donors (Lipinski definition) is 1. The number of pyridine rings is 1. The summed E-state index contributed by atoms with van der Waals surface area (Å²) in [5.41, 5.74) is 1.54. The van der Waals surface area contributed by atoms with Gasteiger partial charge in [-0.25, -0.2) is 4.98 Å². The Hall–Kier alpha value is -2.54. The molecular formula is C14H13N3O. The number of benzene rings is 1. The highest BCUT2D eigenvalue weighted by molar-refractivity contribution is 5.43. The Labute approximate surface area is 106 Å². The molecule has 0 saturated heterocycles. The van der Waals surface area contributed by atoms with Crippen molar-refractivity contribution in [1.82, 2.24) is 4.98 Å². The first kappa shape index (κ1) is 11.9. The molecule has 90 valence electrons. The normalized spacial score (nSPS) is 9.56. The van der Waals surface area contributed by atoms with E-state index in [1.54, 1.807) is 18.3 Å². The molecule has 0 aliphatic rings. The molecule has 0 spiro atoms. The van der Waals surface area contributed by atoms with Crippen LogP contribution in [0, 0.1) is 11.3 Å². The molecule has 18 heavy (non-hydrogen) atoms. The van der Waals surface area contributed by atoms with E-state index >= 15 is 0 Å². The molecule has 0 fully saturated rings. The molecule has 0 saturated carbocycles. The number of anilines is 1. The Morgan fingerprint density at radius 1 is 1.33 bits per heavy atom. The number of rotatable bonds is 4. The van der Waals surface area contributed by atoms with Gasteiger partial charge < -0.3 is 10.1 Å². The Morgan fingerprint density at radius 3 is 2.94 bits per heavy atom. The Kier molecular flexibility index (Phi) is 3.77. The summed E-state index contributed by atoms with van der Waals surface area (Å²) in [4.78, 5) is 4.13. The number of nitrogens with zero attached hydrogens (tertiary/aromatic N) is 2. The maximum Gasteiger partial charge on any atom is 0.137 e. The molecule has 4 nitrogen and oxygen atoms in total. The molecule has 2 aromatic rings. The predicted molar refractivity (Wildman–Crippen MR) is 69.3 cm³/mol. The van der Waals surface area contributed by atoms with Gasteiger partial charge in [0, 0.05) is 13.2 Å². The van der Waals surface area contributed by atoms with Crippen molar-refractivity contribution in [1.29, 1.82) is 5.26 Å². The largest absolute Gasteiger partial charge is 0.488 e. The fraction of sp³-hybridized carbons (Fsp3) is 0.143. The maximum absolute atomic E-state index is 8.95. The van der Waals surface area contributed by atoms with E-state index in [1.807, 2.05) is 31.3 Å². The van der Waals surface area contributed by atoms with Crippen molar-refractivity contribution in [2.75, 3.05) is 12.4 Å². The molecule has 0 aliphatic heterocycles. The Morgan fingerprint density at radius 2 is 2.17 bits per heavy atom. The molecule has 0 bridgehead atoms. The average molecular weight is 239 g/mol. The van der Waals surface area contributed by atoms with Crippen LogP contribution < -0.4 is 10.1 Å². The quantitative estimate of drug-likeness (QED) is 0.890. The second-order valence-corrected chi connectivity index (χ2v) is 3.70. The zero-order chi connectivity index (χ0) is 12.8. The number of aromatic nitrogens is 1. The van der Waals surface area contributed by atoms with E-state index in [0.717, 1.165) is 11.4 Å². The van der Waals surface area contributed by atoms with E-state index < -0.39 is 0 Å². The maximum atomic E-state index is 8.95. The lowest BCUT2D eigenvalue weighted by Crippen LogP contribution is -1.99. The van der Waals surface area contributed by atoms with Crippen molar-refractivity contribution < 1.29 is 4.74 Å². The van der Waals surface area contributed by atoms with Crippen LogP contribution in [-0.2, 0) is 6.61 Å². The first-order chi connectivity index (χ1) is 8.83. The Bertz CT molecular complexity index is 575. The van der Waals surface area contributed by atoms with Crippen molar-refractivity contribution in [3.63, 3.8) is 0 Å². The number of ether oxygens (including phenoxy) is 1. The minimum atomic E-state index is 0.413. The van der Waals surface area contributed by atoms with E-state index in [9.17, 15) is 0 Å². The van der Waals surface area contributed by atoms with Gasteiger partial charge in [-0.1, -0.05) is 12.1 Å². The minimum absolute atomic E-state index is 0.413. The van der Waals surface area contributed by atoms with E-state index in [4.69, 9.17) is 10.00 Å². The van der Waals surface area contributed by atoms with Crippen LogP contribution in [0.5, 0.6) is 5.75 Å². The summed E-state index contributed by atoms with van der Waals surface area (Å²) >= 11 is 0. The number of nitriles is 1. The summed E-state index contributed by atoms with van der Waals surface area (Å²) in [5, 5.41) is 11.9. The smallest absolute Gasteiger partial charge is 0.137 e. The molecule has 0 radical (unpaired) electrons. The summed E-state index contributed by atoms with van der Waals surface area (Å²) in [5.74, 6) is 1.40. The van der Waals surface area contributed by atoms with Crippen LogP contribution in [0.25, 0.3) is 0 Å². The molecule has 0 unspecified atom stereocenters. The third-order valence-corrected chi connectivity index (χ3v) is 2.48. The summed E-state index contributed by atoms with van der Waals surface area (Å²) in [6, 6.07) is 13.1. The van der Waals surface area contributed by atoms with Gasteiger partial charge in [0.05, 0.1) is 5.56 Å². The van der Waals surface area contributed by atoms with Crippen molar-refractivity contribution in [2.24, 2.45) is 0 Å². The van der Waals surface area contributed by atoms with Gasteiger partial charge in [0.1, 0.15) is 24.2 Å². The van der Waals surface area contributed by atoms with Crippen LogP contribution in [0.4, 0.5) is 5.82 Å². The van der Waals surface area contributed by atoms with Gasteiger partial charge >= 0.3 is 0 Å². The lowest BCUT2D eigenvalue weighted by atomic mass is 10.2.